The van der Waals surface area contributed by atoms with Crippen LogP contribution < -0.4 is 0 Å². The summed E-state index contributed by atoms with van der Waals surface area (Å²) >= 11 is 1.87. The molecule has 1 aromatic heterocycles. The summed E-state index contributed by atoms with van der Waals surface area (Å²) in [6.07, 6.45) is 3.21. The summed E-state index contributed by atoms with van der Waals surface area (Å²) < 4.78 is 2.35. The van der Waals surface area contributed by atoms with E-state index in [0.29, 0.717) is 0 Å². The fraction of sp³-hybridized carbons (Fsp3) is 0.333. The maximum Gasteiger partial charge on any atom is 0.0458 e. The van der Waals surface area contributed by atoms with E-state index < -0.39 is 0 Å². The van der Waals surface area contributed by atoms with Gasteiger partial charge in [0.2, 0.25) is 0 Å². The second-order valence-corrected chi connectivity index (χ2v) is 5.12. The van der Waals surface area contributed by atoms with Gasteiger partial charge in [-0.15, -0.1) is 0 Å². The van der Waals surface area contributed by atoms with Crippen molar-refractivity contribution in [1.82, 2.24) is 4.57 Å². The average molecular weight is 245 g/mol. The minimum atomic E-state index is 1.07. The highest BCUT2D eigenvalue weighted by Gasteiger charge is 2.06. The molecule has 0 aliphatic carbocycles. The van der Waals surface area contributed by atoms with Gasteiger partial charge in [-0.2, -0.15) is 11.8 Å². The van der Waals surface area contributed by atoms with Crippen LogP contribution in [0.5, 0.6) is 0 Å². The molecule has 2 rings (SSSR count). The van der Waals surface area contributed by atoms with Gasteiger partial charge < -0.3 is 4.57 Å². The van der Waals surface area contributed by atoms with Crippen molar-refractivity contribution >= 4 is 11.8 Å². The molecule has 0 spiro atoms. The Labute approximate surface area is 108 Å². The van der Waals surface area contributed by atoms with Crippen LogP contribution in [0.2, 0.25) is 0 Å². The number of thioether (sulfide) groups is 1. The van der Waals surface area contributed by atoms with Crippen molar-refractivity contribution in [3.8, 4) is 5.69 Å². The van der Waals surface area contributed by atoms with E-state index in [9.17, 15) is 0 Å². The second kappa shape index (κ2) is 5.46. The maximum absolute atomic E-state index is 2.35. The molecule has 0 saturated carbocycles. The third kappa shape index (κ3) is 2.58. The first-order chi connectivity index (χ1) is 8.26. The van der Waals surface area contributed by atoms with Crippen LogP contribution in [0, 0.1) is 6.92 Å². The number of rotatable bonds is 4. The molecular formula is C15H19NS. The monoisotopic (exact) mass is 245 g/mol. The van der Waals surface area contributed by atoms with Gasteiger partial charge in [-0.1, -0.05) is 19.1 Å². The third-order valence-corrected chi connectivity index (χ3v) is 3.62. The van der Waals surface area contributed by atoms with Gasteiger partial charge in [0.25, 0.3) is 0 Å². The summed E-state index contributed by atoms with van der Waals surface area (Å²) in [5.41, 5.74) is 5.37. The standard InChI is InChI=1S/C15H19NS/c1-4-14-9-8-12(2)16(14)15-7-5-6-13(10-15)11-17-3/h5-10H,4,11H2,1-3H3. The Morgan fingerprint density at radius 3 is 2.71 bits per heavy atom. The largest absolute Gasteiger partial charge is 0.318 e. The first-order valence-corrected chi connectivity index (χ1v) is 7.41. The van der Waals surface area contributed by atoms with Gasteiger partial charge in [0.15, 0.2) is 0 Å². The minimum Gasteiger partial charge on any atom is -0.318 e. The molecule has 2 heteroatoms. The van der Waals surface area contributed by atoms with Gasteiger partial charge in [0, 0.05) is 22.8 Å². The van der Waals surface area contributed by atoms with E-state index in [1.54, 1.807) is 0 Å². The average Bonchev–Trinajstić information content (AvgIpc) is 2.71. The Morgan fingerprint density at radius 1 is 1.18 bits per heavy atom. The zero-order chi connectivity index (χ0) is 12.3. The first kappa shape index (κ1) is 12.3. The van der Waals surface area contributed by atoms with Crippen molar-refractivity contribution in [2.75, 3.05) is 6.26 Å². The van der Waals surface area contributed by atoms with E-state index in [1.807, 2.05) is 11.8 Å². The van der Waals surface area contributed by atoms with Crippen molar-refractivity contribution in [3.63, 3.8) is 0 Å². The minimum absolute atomic E-state index is 1.07. The number of hydrogen-bond acceptors (Lipinski definition) is 1. The van der Waals surface area contributed by atoms with Crippen LogP contribution in [0.25, 0.3) is 5.69 Å². The van der Waals surface area contributed by atoms with Crippen LogP contribution in [-0.4, -0.2) is 10.8 Å². The molecule has 0 fully saturated rings. The van der Waals surface area contributed by atoms with Crippen LogP contribution in [0.1, 0.15) is 23.9 Å². The fourth-order valence-corrected chi connectivity index (χ4v) is 2.70. The zero-order valence-electron chi connectivity index (χ0n) is 10.7. The van der Waals surface area contributed by atoms with Crippen LogP contribution in [0.4, 0.5) is 0 Å². The molecular weight excluding hydrogens is 226 g/mol. The first-order valence-electron chi connectivity index (χ1n) is 6.01. The van der Waals surface area contributed by atoms with Gasteiger partial charge in [0.1, 0.15) is 0 Å². The lowest BCUT2D eigenvalue weighted by Gasteiger charge is -2.12. The lowest BCUT2D eigenvalue weighted by atomic mass is 10.2. The van der Waals surface area contributed by atoms with E-state index in [2.05, 4.69) is 61.1 Å². The Bertz CT molecular complexity index is 499. The molecule has 0 radical (unpaired) electrons. The predicted octanol–water partition coefficient (Wildman–Crippen LogP) is 4.21. The van der Waals surface area contributed by atoms with Crippen molar-refractivity contribution in [2.24, 2.45) is 0 Å². The Kier molecular flexibility index (Phi) is 3.95. The lowest BCUT2D eigenvalue weighted by molar-refractivity contribution is 0.905. The van der Waals surface area contributed by atoms with Gasteiger partial charge in [-0.3, -0.25) is 0 Å². The smallest absolute Gasteiger partial charge is 0.0458 e. The number of aryl methyl sites for hydroxylation is 2. The number of aromatic nitrogens is 1. The molecule has 0 aliphatic heterocycles. The van der Waals surface area contributed by atoms with Crippen LogP contribution in [0.15, 0.2) is 36.4 Å². The third-order valence-electron chi connectivity index (χ3n) is 3.00. The highest BCUT2D eigenvalue weighted by atomic mass is 32.2. The fourth-order valence-electron chi connectivity index (χ4n) is 2.19. The van der Waals surface area contributed by atoms with E-state index in [0.717, 1.165) is 12.2 Å². The van der Waals surface area contributed by atoms with E-state index >= 15 is 0 Å². The summed E-state index contributed by atoms with van der Waals surface area (Å²) in [6.45, 7) is 4.37. The molecule has 2 aromatic rings. The lowest BCUT2D eigenvalue weighted by Crippen LogP contribution is -2.01. The van der Waals surface area contributed by atoms with Gasteiger partial charge in [-0.25, -0.2) is 0 Å². The predicted molar refractivity (Wildman–Crippen MR) is 77.1 cm³/mol. The van der Waals surface area contributed by atoms with Crippen molar-refractivity contribution < 1.29 is 0 Å². The topological polar surface area (TPSA) is 4.93 Å². The van der Waals surface area contributed by atoms with Crippen LogP contribution in [0.3, 0.4) is 0 Å². The Hall–Kier alpha value is -1.15. The zero-order valence-corrected chi connectivity index (χ0v) is 11.6. The van der Waals surface area contributed by atoms with Crippen LogP contribution in [-0.2, 0) is 12.2 Å². The molecule has 0 saturated heterocycles. The molecule has 0 amide bonds. The molecule has 1 aromatic carbocycles. The molecule has 0 unspecified atom stereocenters. The van der Waals surface area contributed by atoms with E-state index in [4.69, 9.17) is 0 Å². The highest BCUT2D eigenvalue weighted by Crippen LogP contribution is 2.20. The second-order valence-electron chi connectivity index (χ2n) is 4.26. The molecule has 0 N–H and O–H groups in total. The van der Waals surface area contributed by atoms with Gasteiger partial charge in [-0.05, 0) is 49.4 Å². The summed E-state index contributed by atoms with van der Waals surface area (Å²) in [5.74, 6) is 1.08. The number of nitrogens with zero attached hydrogens (tertiary/aromatic N) is 1. The molecule has 0 atom stereocenters. The molecule has 90 valence electrons. The van der Waals surface area contributed by atoms with Gasteiger partial charge in [0.05, 0.1) is 0 Å². The molecule has 1 heterocycles. The quantitative estimate of drug-likeness (QED) is 0.781. The number of benzene rings is 1. The highest BCUT2D eigenvalue weighted by molar-refractivity contribution is 7.97. The molecule has 1 nitrogen and oxygen atoms in total. The maximum atomic E-state index is 2.35. The summed E-state index contributed by atoms with van der Waals surface area (Å²) in [4.78, 5) is 0. The Balaban J connectivity index is 2.44. The summed E-state index contributed by atoms with van der Waals surface area (Å²) in [7, 11) is 0. The Morgan fingerprint density at radius 2 is 2.00 bits per heavy atom. The van der Waals surface area contributed by atoms with Crippen molar-refractivity contribution in [1.29, 1.82) is 0 Å². The number of hydrogen-bond donors (Lipinski definition) is 0. The SMILES string of the molecule is CCc1ccc(C)n1-c1cccc(CSC)c1. The summed E-state index contributed by atoms with van der Waals surface area (Å²) in [6, 6.07) is 13.2. The molecule has 17 heavy (non-hydrogen) atoms. The van der Waals surface area contributed by atoms with Crippen LogP contribution >= 0.6 is 11.8 Å². The van der Waals surface area contributed by atoms with Gasteiger partial charge >= 0.3 is 0 Å². The molecule has 0 bridgehead atoms. The van der Waals surface area contributed by atoms with E-state index in [-0.39, 0.29) is 0 Å². The molecule has 0 aliphatic rings. The van der Waals surface area contributed by atoms with Crippen molar-refractivity contribution in [2.45, 2.75) is 26.0 Å². The van der Waals surface area contributed by atoms with E-state index in [1.165, 1.54) is 22.6 Å². The summed E-state index contributed by atoms with van der Waals surface area (Å²) in [5, 5.41) is 0. The van der Waals surface area contributed by atoms with Crippen molar-refractivity contribution in [3.05, 3.63) is 53.3 Å². The normalized spacial score (nSPS) is 10.8.